The average Bonchev–Trinajstić information content (AvgIpc) is 2.46. The van der Waals surface area contributed by atoms with Crippen LogP contribution in [0.4, 0.5) is 5.69 Å². The van der Waals surface area contributed by atoms with Crippen LogP contribution in [0.3, 0.4) is 0 Å². The Morgan fingerprint density at radius 2 is 2.14 bits per heavy atom. The Kier molecular flexibility index (Phi) is 6.25. The van der Waals surface area contributed by atoms with Gasteiger partial charge in [-0.25, -0.2) is 0 Å². The van der Waals surface area contributed by atoms with E-state index in [2.05, 4.69) is 27.9 Å². The lowest BCUT2D eigenvalue weighted by atomic mass is 9.85. The number of guanidine groups is 1. The van der Waals surface area contributed by atoms with E-state index in [-0.39, 0.29) is 11.8 Å². The number of benzene rings is 1. The highest BCUT2D eigenvalue weighted by molar-refractivity contribution is 5.93. The lowest BCUT2D eigenvalue weighted by Crippen LogP contribution is -2.37. The fraction of sp³-hybridized carbons (Fsp3) is 0.529. The van der Waals surface area contributed by atoms with Crippen LogP contribution in [0.15, 0.2) is 29.3 Å². The molecule has 0 bridgehead atoms. The van der Waals surface area contributed by atoms with Gasteiger partial charge in [0.05, 0.1) is 0 Å². The van der Waals surface area contributed by atoms with E-state index in [1.54, 1.807) is 7.05 Å². The first-order chi connectivity index (χ1) is 10.7. The number of carbonyl (C=O) groups is 1. The second-order valence-electron chi connectivity index (χ2n) is 5.67. The normalized spacial score (nSPS) is 15.1. The Morgan fingerprint density at radius 3 is 2.77 bits per heavy atom. The second-order valence-corrected chi connectivity index (χ2v) is 5.67. The summed E-state index contributed by atoms with van der Waals surface area (Å²) in [6.45, 7) is 3.70. The summed E-state index contributed by atoms with van der Waals surface area (Å²) in [6, 6.07) is 7.95. The van der Waals surface area contributed by atoms with Crippen molar-refractivity contribution in [2.45, 2.75) is 39.2 Å². The lowest BCUT2D eigenvalue weighted by Gasteiger charge is -2.24. The fourth-order valence-corrected chi connectivity index (χ4v) is 2.32. The molecule has 1 saturated carbocycles. The van der Waals surface area contributed by atoms with Crippen molar-refractivity contribution in [2.24, 2.45) is 10.9 Å². The second kappa shape index (κ2) is 8.41. The van der Waals surface area contributed by atoms with Gasteiger partial charge in [0.15, 0.2) is 5.96 Å². The number of nitrogens with one attached hydrogen (secondary N) is 3. The van der Waals surface area contributed by atoms with E-state index in [0.29, 0.717) is 6.54 Å². The predicted molar refractivity (Wildman–Crippen MR) is 90.9 cm³/mol. The van der Waals surface area contributed by atoms with E-state index >= 15 is 0 Å². The highest BCUT2D eigenvalue weighted by Crippen LogP contribution is 2.27. The molecule has 0 radical (unpaired) electrons. The molecule has 1 aliphatic carbocycles. The van der Waals surface area contributed by atoms with Crippen molar-refractivity contribution in [1.82, 2.24) is 10.6 Å². The van der Waals surface area contributed by atoms with Crippen LogP contribution >= 0.6 is 0 Å². The molecule has 0 spiro atoms. The molecule has 1 aromatic carbocycles. The Labute approximate surface area is 132 Å². The molecular weight excluding hydrogens is 276 g/mol. The molecule has 1 fully saturated rings. The molecule has 5 heteroatoms. The number of carbonyl (C=O) groups excluding carboxylic acids is 1. The Balaban J connectivity index is 1.86. The van der Waals surface area contributed by atoms with Crippen molar-refractivity contribution in [2.75, 3.05) is 18.9 Å². The molecule has 1 amide bonds. The monoisotopic (exact) mass is 302 g/mol. The van der Waals surface area contributed by atoms with E-state index < -0.39 is 0 Å². The molecule has 2 rings (SSSR count). The minimum absolute atomic E-state index is 0.150. The molecule has 0 saturated heterocycles. The lowest BCUT2D eigenvalue weighted by molar-refractivity contribution is -0.122. The first kappa shape index (κ1) is 16.3. The zero-order valence-corrected chi connectivity index (χ0v) is 13.5. The van der Waals surface area contributed by atoms with E-state index in [1.807, 2.05) is 24.3 Å². The minimum Gasteiger partial charge on any atom is -0.356 e. The van der Waals surface area contributed by atoms with E-state index in [1.165, 1.54) is 6.42 Å². The molecule has 1 aromatic rings. The number of rotatable bonds is 6. The Morgan fingerprint density at radius 1 is 1.32 bits per heavy atom. The molecule has 1 aliphatic rings. The molecule has 120 valence electrons. The van der Waals surface area contributed by atoms with Crippen molar-refractivity contribution in [3.05, 3.63) is 29.8 Å². The molecular formula is C17H26N4O. The number of nitrogens with zero attached hydrogens (tertiary/aromatic N) is 1. The van der Waals surface area contributed by atoms with Crippen LogP contribution in [0.1, 0.15) is 38.2 Å². The molecule has 22 heavy (non-hydrogen) atoms. The fourth-order valence-electron chi connectivity index (χ4n) is 2.32. The minimum atomic E-state index is 0.150. The highest BCUT2D eigenvalue weighted by atomic mass is 16.1. The van der Waals surface area contributed by atoms with Gasteiger partial charge in [-0.1, -0.05) is 25.5 Å². The Hall–Kier alpha value is -2.04. The third kappa shape index (κ3) is 4.76. The maximum atomic E-state index is 12.0. The highest BCUT2D eigenvalue weighted by Gasteiger charge is 2.25. The van der Waals surface area contributed by atoms with Crippen molar-refractivity contribution < 1.29 is 4.79 Å². The summed E-state index contributed by atoms with van der Waals surface area (Å²) in [5.74, 6) is 1.15. The first-order valence-electron chi connectivity index (χ1n) is 8.07. The van der Waals surface area contributed by atoms with Crippen molar-refractivity contribution in [3.63, 3.8) is 0 Å². The summed E-state index contributed by atoms with van der Waals surface area (Å²) in [5.41, 5.74) is 1.98. The third-order valence-electron chi connectivity index (χ3n) is 3.90. The smallest absolute Gasteiger partial charge is 0.227 e. The standard InChI is InChI=1S/C17H26N4O/c1-3-10-19-17(18-2)20-12-13-6-4-9-15(11-13)21-16(22)14-7-5-8-14/h4,6,9,11,14H,3,5,7-8,10,12H2,1-2H3,(H,21,22)(H2,18,19,20). The predicted octanol–water partition coefficient (Wildman–Crippen LogP) is 2.50. The quantitative estimate of drug-likeness (QED) is 0.559. The van der Waals surface area contributed by atoms with Gasteiger partial charge in [0, 0.05) is 31.7 Å². The summed E-state index contributed by atoms with van der Waals surface area (Å²) in [5, 5.41) is 9.52. The molecule has 0 aliphatic heterocycles. The summed E-state index contributed by atoms with van der Waals surface area (Å²) < 4.78 is 0. The van der Waals surface area contributed by atoms with Crippen molar-refractivity contribution in [3.8, 4) is 0 Å². The number of hydrogen-bond donors (Lipinski definition) is 3. The zero-order chi connectivity index (χ0) is 15.8. The van der Waals surface area contributed by atoms with Crippen LogP contribution < -0.4 is 16.0 Å². The van der Waals surface area contributed by atoms with Gasteiger partial charge in [-0.3, -0.25) is 9.79 Å². The maximum absolute atomic E-state index is 12.0. The maximum Gasteiger partial charge on any atom is 0.227 e. The van der Waals surface area contributed by atoms with Crippen LogP contribution in [0.5, 0.6) is 0 Å². The van der Waals surface area contributed by atoms with Gasteiger partial charge in [0.2, 0.25) is 5.91 Å². The zero-order valence-electron chi connectivity index (χ0n) is 13.5. The van der Waals surface area contributed by atoms with Gasteiger partial charge in [0.1, 0.15) is 0 Å². The van der Waals surface area contributed by atoms with E-state index in [9.17, 15) is 4.79 Å². The van der Waals surface area contributed by atoms with Gasteiger partial charge >= 0.3 is 0 Å². The topological polar surface area (TPSA) is 65.5 Å². The number of amides is 1. The number of hydrogen-bond acceptors (Lipinski definition) is 2. The summed E-state index contributed by atoms with van der Waals surface area (Å²) in [4.78, 5) is 16.2. The summed E-state index contributed by atoms with van der Waals surface area (Å²) in [7, 11) is 1.76. The van der Waals surface area contributed by atoms with Gasteiger partial charge in [0.25, 0.3) is 0 Å². The largest absolute Gasteiger partial charge is 0.356 e. The average molecular weight is 302 g/mol. The van der Waals surface area contributed by atoms with Gasteiger partial charge in [-0.15, -0.1) is 0 Å². The number of aliphatic imine (C=N–C) groups is 1. The summed E-state index contributed by atoms with van der Waals surface area (Å²) >= 11 is 0. The van der Waals surface area contributed by atoms with Crippen LogP contribution in [0, 0.1) is 5.92 Å². The molecule has 0 aromatic heterocycles. The first-order valence-corrected chi connectivity index (χ1v) is 8.07. The van der Waals surface area contributed by atoms with Gasteiger partial charge in [-0.05, 0) is 37.0 Å². The van der Waals surface area contributed by atoms with Crippen molar-refractivity contribution in [1.29, 1.82) is 0 Å². The molecule has 5 nitrogen and oxygen atoms in total. The van der Waals surface area contributed by atoms with Gasteiger partial charge in [-0.2, -0.15) is 0 Å². The number of anilines is 1. The molecule has 3 N–H and O–H groups in total. The van der Waals surface area contributed by atoms with Crippen LogP contribution in [-0.2, 0) is 11.3 Å². The van der Waals surface area contributed by atoms with E-state index in [4.69, 9.17) is 0 Å². The van der Waals surface area contributed by atoms with Crippen LogP contribution in [0.2, 0.25) is 0 Å². The van der Waals surface area contributed by atoms with Crippen molar-refractivity contribution >= 4 is 17.6 Å². The third-order valence-corrected chi connectivity index (χ3v) is 3.90. The molecule has 0 unspecified atom stereocenters. The SMILES string of the molecule is CCCNC(=NC)NCc1cccc(NC(=O)C2CCC2)c1. The Bertz CT molecular complexity index is 523. The summed E-state index contributed by atoms with van der Waals surface area (Å²) in [6.07, 6.45) is 4.27. The van der Waals surface area contributed by atoms with Crippen LogP contribution in [-0.4, -0.2) is 25.5 Å². The van der Waals surface area contributed by atoms with E-state index in [0.717, 1.165) is 43.0 Å². The molecule has 0 atom stereocenters. The molecule has 0 heterocycles. The van der Waals surface area contributed by atoms with Crippen LogP contribution in [0.25, 0.3) is 0 Å². The van der Waals surface area contributed by atoms with Gasteiger partial charge < -0.3 is 16.0 Å².